The van der Waals surface area contributed by atoms with Gasteiger partial charge in [0.25, 0.3) is 0 Å². The van der Waals surface area contributed by atoms with Gasteiger partial charge in [0.2, 0.25) is 0 Å². The first-order valence-corrected chi connectivity index (χ1v) is 5.56. The van der Waals surface area contributed by atoms with Crippen molar-refractivity contribution in [1.82, 2.24) is 5.32 Å². The summed E-state index contributed by atoms with van der Waals surface area (Å²) >= 11 is 1.75. The minimum absolute atomic E-state index is 0.214. The largest absolute Gasteiger partial charge is 0.395 e. The molecular formula is C10H17NOS. The summed E-state index contributed by atoms with van der Waals surface area (Å²) in [5.74, 6) is 0. The molecule has 0 radical (unpaired) electrons. The van der Waals surface area contributed by atoms with E-state index in [9.17, 15) is 0 Å². The number of hydrogen-bond acceptors (Lipinski definition) is 3. The second-order valence-electron chi connectivity index (χ2n) is 3.19. The summed E-state index contributed by atoms with van der Waals surface area (Å²) < 4.78 is 0. The van der Waals surface area contributed by atoms with Gasteiger partial charge in [-0.2, -0.15) is 0 Å². The van der Waals surface area contributed by atoms with E-state index in [0.717, 1.165) is 6.42 Å². The van der Waals surface area contributed by atoms with Crippen LogP contribution in [0.1, 0.15) is 31.2 Å². The maximum absolute atomic E-state index is 9.01. The van der Waals surface area contributed by atoms with Crippen molar-refractivity contribution in [1.29, 1.82) is 0 Å². The lowest BCUT2D eigenvalue weighted by atomic mass is 10.2. The second-order valence-corrected chi connectivity index (χ2v) is 4.17. The topological polar surface area (TPSA) is 32.3 Å². The minimum atomic E-state index is 0.214. The van der Waals surface area contributed by atoms with E-state index in [1.165, 1.54) is 4.88 Å². The summed E-state index contributed by atoms with van der Waals surface area (Å²) in [6, 6.07) is 4.74. The molecule has 0 fully saturated rings. The monoisotopic (exact) mass is 199 g/mol. The van der Waals surface area contributed by atoms with Crippen molar-refractivity contribution in [2.45, 2.75) is 32.4 Å². The highest BCUT2D eigenvalue weighted by molar-refractivity contribution is 7.10. The van der Waals surface area contributed by atoms with Crippen molar-refractivity contribution in [3.63, 3.8) is 0 Å². The Bertz CT molecular complexity index is 219. The zero-order valence-electron chi connectivity index (χ0n) is 8.16. The number of thiophene rings is 1. The normalized spacial score (nSPS) is 15.6. The molecule has 0 aliphatic carbocycles. The van der Waals surface area contributed by atoms with Crippen LogP contribution in [0.5, 0.6) is 0 Å². The molecule has 0 aliphatic heterocycles. The molecule has 0 bridgehead atoms. The quantitative estimate of drug-likeness (QED) is 0.761. The van der Waals surface area contributed by atoms with Crippen LogP contribution in [-0.4, -0.2) is 17.8 Å². The zero-order valence-corrected chi connectivity index (χ0v) is 8.97. The molecular weight excluding hydrogens is 182 g/mol. The Kier molecular flexibility index (Phi) is 4.42. The summed E-state index contributed by atoms with van der Waals surface area (Å²) in [6.45, 7) is 4.42. The second kappa shape index (κ2) is 5.37. The van der Waals surface area contributed by atoms with Crippen LogP contribution >= 0.6 is 11.3 Å². The zero-order chi connectivity index (χ0) is 9.68. The smallest absolute Gasteiger partial charge is 0.0584 e. The predicted octanol–water partition coefficient (Wildman–Crippen LogP) is 2.17. The molecule has 0 aromatic carbocycles. The van der Waals surface area contributed by atoms with Crippen LogP contribution in [0.2, 0.25) is 0 Å². The first-order chi connectivity index (χ1) is 6.27. The van der Waals surface area contributed by atoms with Gasteiger partial charge in [0.05, 0.1) is 6.61 Å². The van der Waals surface area contributed by atoms with Gasteiger partial charge in [-0.25, -0.2) is 0 Å². The van der Waals surface area contributed by atoms with Crippen LogP contribution in [-0.2, 0) is 0 Å². The molecule has 2 N–H and O–H groups in total. The van der Waals surface area contributed by atoms with Gasteiger partial charge in [-0.3, -0.25) is 0 Å². The highest BCUT2D eigenvalue weighted by Crippen LogP contribution is 2.18. The number of aliphatic hydroxyl groups excluding tert-OH is 1. The lowest BCUT2D eigenvalue weighted by molar-refractivity contribution is 0.230. The van der Waals surface area contributed by atoms with Gasteiger partial charge in [0.1, 0.15) is 0 Å². The molecule has 3 heteroatoms. The average Bonchev–Trinajstić information content (AvgIpc) is 2.66. The molecule has 2 atom stereocenters. The van der Waals surface area contributed by atoms with Crippen LogP contribution in [0.25, 0.3) is 0 Å². The molecule has 0 unspecified atom stereocenters. The van der Waals surface area contributed by atoms with Gasteiger partial charge in [0.15, 0.2) is 0 Å². The third kappa shape index (κ3) is 3.10. The molecule has 0 saturated heterocycles. The Hall–Kier alpha value is -0.380. The lowest BCUT2D eigenvalue weighted by Gasteiger charge is -2.19. The molecule has 0 amide bonds. The standard InChI is InChI=1S/C10H17NOS/c1-3-9(7-12)11-8(2)10-5-4-6-13-10/h4-6,8-9,11-12H,3,7H2,1-2H3/t8-,9+/m1/s1. The molecule has 0 aliphatic rings. The number of hydrogen-bond donors (Lipinski definition) is 2. The summed E-state index contributed by atoms with van der Waals surface area (Å²) in [6.07, 6.45) is 0.964. The van der Waals surface area contributed by atoms with Crippen molar-refractivity contribution >= 4 is 11.3 Å². The molecule has 13 heavy (non-hydrogen) atoms. The van der Waals surface area contributed by atoms with Gasteiger partial charge < -0.3 is 10.4 Å². The van der Waals surface area contributed by atoms with E-state index in [1.54, 1.807) is 11.3 Å². The number of rotatable bonds is 5. The third-order valence-corrected chi connectivity index (χ3v) is 3.22. The highest BCUT2D eigenvalue weighted by Gasteiger charge is 2.10. The Morgan fingerprint density at radius 3 is 2.85 bits per heavy atom. The van der Waals surface area contributed by atoms with Gasteiger partial charge in [0, 0.05) is 17.0 Å². The predicted molar refractivity (Wildman–Crippen MR) is 57.0 cm³/mol. The molecule has 0 spiro atoms. The van der Waals surface area contributed by atoms with E-state index < -0.39 is 0 Å². The summed E-state index contributed by atoms with van der Waals surface area (Å²) in [4.78, 5) is 1.33. The van der Waals surface area contributed by atoms with Gasteiger partial charge in [-0.15, -0.1) is 11.3 Å². The fourth-order valence-corrected chi connectivity index (χ4v) is 2.02. The number of aliphatic hydroxyl groups is 1. The molecule has 1 heterocycles. The maximum atomic E-state index is 9.01. The Morgan fingerprint density at radius 2 is 2.38 bits per heavy atom. The van der Waals surface area contributed by atoms with E-state index in [2.05, 4.69) is 36.7 Å². The molecule has 74 valence electrons. The molecule has 1 aromatic heterocycles. The Labute approximate surface area is 83.6 Å². The summed E-state index contributed by atoms with van der Waals surface area (Å²) in [5.41, 5.74) is 0. The summed E-state index contributed by atoms with van der Waals surface area (Å²) in [5, 5.41) is 14.5. The lowest BCUT2D eigenvalue weighted by Crippen LogP contribution is -2.33. The molecule has 2 nitrogen and oxygen atoms in total. The van der Waals surface area contributed by atoms with E-state index in [-0.39, 0.29) is 12.6 Å². The Morgan fingerprint density at radius 1 is 1.62 bits per heavy atom. The van der Waals surface area contributed by atoms with Crippen molar-refractivity contribution in [2.24, 2.45) is 0 Å². The first-order valence-electron chi connectivity index (χ1n) is 4.68. The first kappa shape index (κ1) is 10.7. The minimum Gasteiger partial charge on any atom is -0.395 e. The van der Waals surface area contributed by atoms with Crippen LogP contribution in [0, 0.1) is 0 Å². The fraction of sp³-hybridized carbons (Fsp3) is 0.600. The van der Waals surface area contributed by atoms with E-state index in [1.807, 2.05) is 0 Å². The van der Waals surface area contributed by atoms with E-state index in [4.69, 9.17) is 5.11 Å². The van der Waals surface area contributed by atoms with Crippen molar-refractivity contribution in [2.75, 3.05) is 6.61 Å². The van der Waals surface area contributed by atoms with E-state index >= 15 is 0 Å². The van der Waals surface area contributed by atoms with Crippen LogP contribution in [0.4, 0.5) is 0 Å². The van der Waals surface area contributed by atoms with Crippen LogP contribution in [0.15, 0.2) is 17.5 Å². The Balaban J connectivity index is 2.45. The van der Waals surface area contributed by atoms with Crippen LogP contribution in [0.3, 0.4) is 0 Å². The van der Waals surface area contributed by atoms with Gasteiger partial charge in [-0.05, 0) is 24.8 Å². The number of nitrogens with one attached hydrogen (secondary N) is 1. The van der Waals surface area contributed by atoms with Crippen molar-refractivity contribution in [3.05, 3.63) is 22.4 Å². The molecule has 0 saturated carbocycles. The maximum Gasteiger partial charge on any atom is 0.0584 e. The molecule has 1 aromatic rings. The fourth-order valence-electron chi connectivity index (χ4n) is 1.27. The highest BCUT2D eigenvalue weighted by atomic mass is 32.1. The van der Waals surface area contributed by atoms with Crippen LogP contribution < -0.4 is 5.32 Å². The molecule has 1 rings (SSSR count). The van der Waals surface area contributed by atoms with Gasteiger partial charge in [-0.1, -0.05) is 13.0 Å². The van der Waals surface area contributed by atoms with Crippen molar-refractivity contribution < 1.29 is 5.11 Å². The average molecular weight is 199 g/mol. The third-order valence-electron chi connectivity index (χ3n) is 2.17. The van der Waals surface area contributed by atoms with Crippen molar-refractivity contribution in [3.8, 4) is 0 Å². The summed E-state index contributed by atoms with van der Waals surface area (Å²) in [7, 11) is 0. The SMILES string of the molecule is CC[C@@H](CO)N[C@H](C)c1cccs1. The van der Waals surface area contributed by atoms with Gasteiger partial charge >= 0.3 is 0 Å². The van der Waals surface area contributed by atoms with E-state index in [0.29, 0.717) is 6.04 Å².